The summed E-state index contributed by atoms with van der Waals surface area (Å²) in [5, 5.41) is 3.42. The van der Waals surface area contributed by atoms with Crippen molar-refractivity contribution in [2.24, 2.45) is 0 Å². The van der Waals surface area contributed by atoms with Crippen molar-refractivity contribution in [2.45, 2.75) is 62.5 Å². The zero-order valence-corrected chi connectivity index (χ0v) is 17.9. The molecule has 6 heteroatoms. The van der Waals surface area contributed by atoms with Gasteiger partial charge in [-0.1, -0.05) is 36.0 Å². The van der Waals surface area contributed by atoms with Crippen LogP contribution < -0.4 is 5.32 Å². The monoisotopic (exact) mass is 392 g/mol. The van der Waals surface area contributed by atoms with Crippen molar-refractivity contribution in [3.05, 3.63) is 48.5 Å². The first-order chi connectivity index (χ1) is 12.0. The van der Waals surface area contributed by atoms with E-state index < -0.39 is 19.5 Å². The van der Waals surface area contributed by atoms with Crippen LogP contribution in [-0.4, -0.2) is 11.2 Å². The SMILES string of the molecule is CC(C)(C)O[P+](=O)OC(C)(C)C.c1ccc2c(c1)Nc1ccccc1S2. The van der Waals surface area contributed by atoms with Crippen molar-refractivity contribution in [3.8, 4) is 0 Å². The Labute approximate surface area is 161 Å². The quantitative estimate of drug-likeness (QED) is 0.469. The van der Waals surface area contributed by atoms with Crippen molar-refractivity contribution in [1.29, 1.82) is 0 Å². The van der Waals surface area contributed by atoms with Crippen molar-refractivity contribution in [3.63, 3.8) is 0 Å². The van der Waals surface area contributed by atoms with E-state index in [0.29, 0.717) is 0 Å². The predicted octanol–water partition coefficient (Wildman–Crippen LogP) is 7.17. The van der Waals surface area contributed by atoms with E-state index in [9.17, 15) is 4.57 Å². The third kappa shape index (κ3) is 7.08. The molecule has 2 aromatic rings. The molecule has 26 heavy (non-hydrogen) atoms. The smallest absolute Gasteiger partial charge is 0.354 e. The highest BCUT2D eigenvalue weighted by Crippen LogP contribution is 2.43. The minimum atomic E-state index is -2.01. The summed E-state index contributed by atoms with van der Waals surface area (Å²) in [6.07, 6.45) is 0. The van der Waals surface area contributed by atoms with Gasteiger partial charge in [0.05, 0.1) is 11.4 Å². The van der Waals surface area contributed by atoms with Crippen LogP contribution in [0.1, 0.15) is 41.5 Å². The maximum atomic E-state index is 11.2. The first-order valence-electron chi connectivity index (χ1n) is 8.52. The number of hydrogen-bond acceptors (Lipinski definition) is 5. The van der Waals surface area contributed by atoms with Crippen LogP contribution >= 0.6 is 20.0 Å². The summed E-state index contributed by atoms with van der Waals surface area (Å²) in [7, 11) is -2.01. The van der Waals surface area contributed by atoms with Gasteiger partial charge in [-0.15, -0.1) is 9.05 Å². The maximum Gasteiger partial charge on any atom is 0.698 e. The highest BCUT2D eigenvalue weighted by atomic mass is 32.2. The number of hydrogen-bond donors (Lipinski definition) is 1. The molecule has 140 valence electrons. The molecule has 0 aliphatic carbocycles. The second-order valence-corrected chi connectivity index (χ2v) is 9.75. The zero-order valence-electron chi connectivity index (χ0n) is 16.2. The van der Waals surface area contributed by atoms with Crippen LogP contribution in [0.2, 0.25) is 0 Å². The Bertz CT molecular complexity index is 661. The topological polar surface area (TPSA) is 47.6 Å². The molecule has 0 fully saturated rings. The fourth-order valence-corrected chi connectivity index (χ4v) is 3.97. The standard InChI is InChI=1S/C12H9NS.C8H18O3P/c1-3-7-11-9(5-1)13-10-6-2-4-8-12(10)14-11;1-7(2,3)10-12(9)11-8(4,5)6/h1-8,13H;1-6H3/q;+1. The lowest BCUT2D eigenvalue weighted by Crippen LogP contribution is -2.19. The number of benzene rings is 2. The van der Waals surface area contributed by atoms with E-state index in [4.69, 9.17) is 9.05 Å². The summed E-state index contributed by atoms with van der Waals surface area (Å²) in [5.74, 6) is 0. The van der Waals surface area contributed by atoms with Crippen LogP contribution in [0.4, 0.5) is 11.4 Å². The van der Waals surface area contributed by atoms with E-state index in [1.54, 1.807) is 0 Å². The van der Waals surface area contributed by atoms with Gasteiger partial charge in [-0.25, -0.2) is 0 Å². The summed E-state index contributed by atoms with van der Waals surface area (Å²) in [5.41, 5.74) is 1.57. The number of anilines is 2. The van der Waals surface area contributed by atoms with Crippen LogP contribution in [0.3, 0.4) is 0 Å². The molecule has 0 spiro atoms. The molecule has 0 radical (unpaired) electrons. The van der Waals surface area contributed by atoms with Gasteiger partial charge >= 0.3 is 8.25 Å². The van der Waals surface area contributed by atoms with Crippen LogP contribution in [0.25, 0.3) is 0 Å². The van der Waals surface area contributed by atoms with Gasteiger partial charge in [-0.05, 0) is 65.8 Å². The molecule has 1 aliphatic heterocycles. The third-order valence-corrected chi connectivity index (χ3v) is 5.51. The molecule has 0 amide bonds. The molecule has 2 aromatic carbocycles. The fourth-order valence-electron chi connectivity index (χ4n) is 2.05. The number of rotatable bonds is 2. The lowest BCUT2D eigenvalue weighted by Gasteiger charge is -2.19. The highest BCUT2D eigenvalue weighted by molar-refractivity contribution is 7.99. The van der Waals surface area contributed by atoms with Crippen molar-refractivity contribution in [1.82, 2.24) is 0 Å². The molecule has 0 bridgehead atoms. The molecule has 0 saturated carbocycles. The van der Waals surface area contributed by atoms with Crippen LogP contribution in [-0.2, 0) is 13.6 Å². The molecule has 0 unspecified atom stereocenters. The molecular weight excluding hydrogens is 365 g/mol. The van der Waals surface area contributed by atoms with Gasteiger partial charge in [0, 0.05) is 14.4 Å². The van der Waals surface area contributed by atoms with Gasteiger partial charge in [0.25, 0.3) is 0 Å². The third-order valence-electron chi connectivity index (χ3n) is 2.96. The fraction of sp³-hybridized carbons (Fsp3) is 0.400. The minimum Gasteiger partial charge on any atom is -0.354 e. The molecule has 0 saturated heterocycles. The molecule has 1 aliphatic rings. The Hall–Kier alpha value is -1.39. The molecular formula is C20H27NO3PS+. The maximum absolute atomic E-state index is 11.2. The molecule has 0 atom stereocenters. The Balaban J connectivity index is 0.000000191. The minimum absolute atomic E-state index is 0.418. The second kappa shape index (κ2) is 8.53. The van der Waals surface area contributed by atoms with Crippen molar-refractivity contribution < 1.29 is 13.6 Å². The van der Waals surface area contributed by atoms with Gasteiger partial charge in [-0.3, -0.25) is 0 Å². The predicted molar refractivity (Wildman–Crippen MR) is 110 cm³/mol. The molecule has 3 rings (SSSR count). The number of para-hydroxylation sites is 2. The van der Waals surface area contributed by atoms with Crippen LogP contribution in [0, 0.1) is 0 Å². The summed E-state index contributed by atoms with van der Waals surface area (Å²) in [6.45, 7) is 11.0. The lowest BCUT2D eigenvalue weighted by atomic mass is 10.2. The Morgan fingerprint density at radius 1 is 0.769 bits per heavy atom. The Morgan fingerprint density at radius 2 is 1.15 bits per heavy atom. The summed E-state index contributed by atoms with van der Waals surface area (Å²) in [6, 6.07) is 16.8. The Kier molecular flexibility index (Phi) is 6.86. The van der Waals surface area contributed by atoms with Crippen LogP contribution in [0.5, 0.6) is 0 Å². The average molecular weight is 392 g/mol. The molecule has 0 aromatic heterocycles. The first-order valence-corrected chi connectivity index (χ1v) is 10.4. The summed E-state index contributed by atoms with van der Waals surface area (Å²) < 4.78 is 21.4. The van der Waals surface area contributed by atoms with Crippen molar-refractivity contribution >= 4 is 31.4 Å². The molecule has 1 heterocycles. The van der Waals surface area contributed by atoms with Gasteiger partial charge < -0.3 is 5.32 Å². The van der Waals surface area contributed by atoms with Gasteiger partial charge in [0.1, 0.15) is 11.2 Å². The van der Waals surface area contributed by atoms with E-state index in [1.807, 2.05) is 53.3 Å². The van der Waals surface area contributed by atoms with E-state index in [0.717, 1.165) is 0 Å². The number of fused-ring (bicyclic) bond motifs is 2. The summed E-state index contributed by atoms with van der Waals surface area (Å²) in [4.78, 5) is 2.59. The molecule has 1 N–H and O–H groups in total. The zero-order chi connectivity index (χ0) is 19.4. The second-order valence-electron chi connectivity index (χ2n) is 7.85. The van der Waals surface area contributed by atoms with E-state index in [2.05, 4.69) is 53.8 Å². The lowest BCUT2D eigenvalue weighted by molar-refractivity contribution is 0.0634. The van der Waals surface area contributed by atoms with E-state index in [1.165, 1.54) is 21.2 Å². The number of nitrogens with one attached hydrogen (secondary N) is 1. The average Bonchev–Trinajstić information content (AvgIpc) is 2.49. The van der Waals surface area contributed by atoms with Crippen LogP contribution in [0.15, 0.2) is 58.3 Å². The normalized spacial score (nSPS) is 12.8. The van der Waals surface area contributed by atoms with E-state index >= 15 is 0 Å². The Morgan fingerprint density at radius 3 is 1.54 bits per heavy atom. The van der Waals surface area contributed by atoms with E-state index in [-0.39, 0.29) is 0 Å². The highest BCUT2D eigenvalue weighted by Gasteiger charge is 2.35. The molecule has 4 nitrogen and oxygen atoms in total. The van der Waals surface area contributed by atoms with Gasteiger partial charge in [0.15, 0.2) is 0 Å². The van der Waals surface area contributed by atoms with Gasteiger partial charge in [0.2, 0.25) is 0 Å². The van der Waals surface area contributed by atoms with Gasteiger partial charge in [-0.2, -0.15) is 0 Å². The first kappa shape index (κ1) is 20.9. The summed E-state index contributed by atoms with van der Waals surface area (Å²) >= 11 is 1.82. The largest absolute Gasteiger partial charge is 0.698 e. The van der Waals surface area contributed by atoms with Crippen molar-refractivity contribution in [2.75, 3.05) is 5.32 Å².